The molecule has 93 heavy (non-hydrogen) atoms. The molecule has 19 rings (SSSR count). The molecule has 0 unspecified atom stereocenters. The fourth-order valence-corrected chi connectivity index (χ4v) is 15.8. The van der Waals surface area contributed by atoms with Crippen LogP contribution in [-0.4, -0.2) is 4.57 Å². The van der Waals surface area contributed by atoms with E-state index in [0.29, 0.717) is 0 Å². The molecule has 0 amide bonds. The van der Waals surface area contributed by atoms with E-state index in [2.05, 4.69) is 360 Å². The van der Waals surface area contributed by atoms with E-state index in [1.807, 2.05) is 0 Å². The highest BCUT2D eigenvalue weighted by atomic mass is 15.2. The average molecular weight is 1180 g/mol. The number of para-hydroxylation sites is 2. The van der Waals surface area contributed by atoms with Gasteiger partial charge in [-0.3, -0.25) is 0 Å². The molecule has 0 N–H and O–H groups in total. The standard InChI is InChI=1S/C90H57N3/c1-5-28-60(29-6-1)85-72-44-21-22-45-73(72)86(61-30-7-2-8-31-61)90-77-53-55-81(74-46-25-47-76(87(74)77)89(85)90)93-82-56-62(65-52-54-80(69-41-18-17-40-68(65)69)91(63-34-9-3-10-35-63)78-48-23-32-58-26-13-15-38-66(58)78)50-51-75(82)88-71-43-20-19-42-70(71)83(57-84(88)93)92(64-36-11-4-12-37-64)79-49-24-33-59-27-14-16-39-67(59)79/h1-57H. The number of rotatable bonds is 10. The van der Waals surface area contributed by atoms with Gasteiger partial charge in [-0.2, -0.15) is 0 Å². The molecule has 0 saturated heterocycles. The Bertz CT molecular complexity index is 5950. The first-order valence-corrected chi connectivity index (χ1v) is 32.2. The molecule has 1 aromatic heterocycles. The zero-order valence-corrected chi connectivity index (χ0v) is 50.8. The van der Waals surface area contributed by atoms with Gasteiger partial charge in [0.2, 0.25) is 0 Å². The number of aromatic nitrogens is 1. The number of hydrogen-bond donors (Lipinski definition) is 0. The quantitative estimate of drug-likeness (QED) is 0.135. The summed E-state index contributed by atoms with van der Waals surface area (Å²) in [6.45, 7) is 0. The number of benzene rings is 17. The van der Waals surface area contributed by atoms with Gasteiger partial charge in [0.15, 0.2) is 0 Å². The minimum Gasteiger partial charge on any atom is -0.309 e. The molecule has 0 fully saturated rings. The van der Waals surface area contributed by atoms with Crippen molar-refractivity contribution in [1.29, 1.82) is 0 Å². The summed E-state index contributed by atoms with van der Waals surface area (Å²) >= 11 is 0. The monoisotopic (exact) mass is 1180 g/mol. The third-order valence-corrected chi connectivity index (χ3v) is 19.6. The van der Waals surface area contributed by atoms with Crippen molar-refractivity contribution in [3.05, 3.63) is 346 Å². The fraction of sp³-hybridized carbons (Fsp3) is 0. The van der Waals surface area contributed by atoms with Crippen LogP contribution in [0.2, 0.25) is 0 Å². The summed E-state index contributed by atoms with van der Waals surface area (Å²) in [7, 11) is 0. The van der Waals surface area contributed by atoms with E-state index in [1.165, 1.54) is 125 Å². The predicted molar refractivity (Wildman–Crippen MR) is 396 cm³/mol. The number of fused-ring (bicyclic) bond motifs is 12. The number of hydrogen-bond acceptors (Lipinski definition) is 2. The minimum absolute atomic E-state index is 1.09. The Morgan fingerprint density at radius 2 is 0.634 bits per heavy atom. The molecule has 1 aliphatic carbocycles. The van der Waals surface area contributed by atoms with Crippen LogP contribution < -0.4 is 9.80 Å². The molecule has 0 spiro atoms. The molecular weight excluding hydrogens is 1120 g/mol. The van der Waals surface area contributed by atoms with Crippen LogP contribution in [0.15, 0.2) is 346 Å². The summed E-state index contributed by atoms with van der Waals surface area (Å²) in [5.41, 5.74) is 22.4. The Labute approximate surface area is 538 Å². The van der Waals surface area contributed by atoms with Crippen LogP contribution in [0.3, 0.4) is 0 Å². The largest absolute Gasteiger partial charge is 0.309 e. The van der Waals surface area contributed by atoms with Crippen molar-refractivity contribution in [2.75, 3.05) is 9.80 Å². The zero-order valence-electron chi connectivity index (χ0n) is 50.8. The predicted octanol–water partition coefficient (Wildman–Crippen LogP) is 25.3. The highest BCUT2D eigenvalue weighted by Gasteiger charge is 2.33. The van der Waals surface area contributed by atoms with Crippen LogP contribution >= 0.6 is 0 Å². The third-order valence-electron chi connectivity index (χ3n) is 19.6. The molecule has 3 heteroatoms. The highest BCUT2D eigenvalue weighted by Crippen LogP contribution is 2.59. The van der Waals surface area contributed by atoms with Crippen LogP contribution in [0, 0.1) is 0 Å². The first-order chi connectivity index (χ1) is 46.2. The molecule has 0 bridgehead atoms. The van der Waals surface area contributed by atoms with E-state index >= 15 is 0 Å². The normalized spacial score (nSPS) is 11.9. The van der Waals surface area contributed by atoms with Crippen LogP contribution in [0.25, 0.3) is 148 Å². The highest BCUT2D eigenvalue weighted by molar-refractivity contribution is 6.30. The van der Waals surface area contributed by atoms with E-state index in [4.69, 9.17) is 0 Å². The molecule has 1 heterocycles. The molecule has 3 nitrogen and oxygen atoms in total. The molecule has 1 aliphatic rings. The lowest BCUT2D eigenvalue weighted by Gasteiger charge is -2.28. The van der Waals surface area contributed by atoms with Crippen LogP contribution in [-0.2, 0) is 0 Å². The van der Waals surface area contributed by atoms with Crippen molar-refractivity contribution in [2.45, 2.75) is 0 Å². The van der Waals surface area contributed by atoms with Gasteiger partial charge in [-0.05, 0) is 154 Å². The second-order valence-corrected chi connectivity index (χ2v) is 24.6. The summed E-state index contributed by atoms with van der Waals surface area (Å²) in [6, 6.07) is 128. The maximum Gasteiger partial charge on any atom is 0.0568 e. The van der Waals surface area contributed by atoms with Crippen LogP contribution in [0.1, 0.15) is 0 Å². The maximum atomic E-state index is 2.61. The van der Waals surface area contributed by atoms with E-state index in [9.17, 15) is 0 Å². The molecule has 17 aromatic carbocycles. The lowest BCUT2D eigenvalue weighted by molar-refractivity contribution is 1.20. The summed E-state index contributed by atoms with van der Waals surface area (Å²) in [4.78, 5) is 4.94. The van der Waals surface area contributed by atoms with Gasteiger partial charge in [0.25, 0.3) is 0 Å². The van der Waals surface area contributed by atoms with Gasteiger partial charge in [0, 0.05) is 49.1 Å². The van der Waals surface area contributed by atoms with Gasteiger partial charge in [-0.25, -0.2) is 0 Å². The SMILES string of the molecule is c1ccc(-c2c3c(c(-c4ccccc4)c4ccccc24)-c2ccc(-n4c5cc(-c6ccc(N(c7ccccc7)c7cccc8ccccc78)c7ccccc67)ccc5c5c6ccccc6c(N(c6ccccc6)c6cccc7ccccc67)cc54)c4cccc-3c24)cc1. The zero-order chi connectivity index (χ0) is 61.1. The van der Waals surface area contributed by atoms with Crippen molar-refractivity contribution >= 4 is 121 Å². The molecular formula is C90H57N3. The van der Waals surface area contributed by atoms with Crippen LogP contribution in [0.5, 0.6) is 0 Å². The van der Waals surface area contributed by atoms with Crippen molar-refractivity contribution < 1.29 is 0 Å². The topological polar surface area (TPSA) is 11.4 Å². The maximum absolute atomic E-state index is 2.61. The van der Waals surface area contributed by atoms with Gasteiger partial charge in [0.05, 0.1) is 39.5 Å². The summed E-state index contributed by atoms with van der Waals surface area (Å²) in [6.07, 6.45) is 0. The lowest BCUT2D eigenvalue weighted by Crippen LogP contribution is -2.11. The fourth-order valence-electron chi connectivity index (χ4n) is 15.8. The second-order valence-electron chi connectivity index (χ2n) is 24.6. The van der Waals surface area contributed by atoms with E-state index in [0.717, 1.165) is 56.4 Å². The van der Waals surface area contributed by atoms with E-state index in [1.54, 1.807) is 0 Å². The Morgan fingerprint density at radius 3 is 1.23 bits per heavy atom. The molecule has 0 atom stereocenters. The minimum atomic E-state index is 1.09. The summed E-state index contributed by atoms with van der Waals surface area (Å²) in [5, 5.41) is 16.8. The molecule has 432 valence electrons. The number of nitrogens with zero attached hydrogens (tertiary/aromatic N) is 3. The Morgan fingerprint density at radius 1 is 0.204 bits per heavy atom. The summed E-state index contributed by atoms with van der Waals surface area (Å²) in [5.74, 6) is 0. The lowest BCUT2D eigenvalue weighted by atomic mass is 9.82. The van der Waals surface area contributed by atoms with Crippen molar-refractivity contribution in [1.82, 2.24) is 4.57 Å². The number of anilines is 6. The molecule has 18 aromatic rings. The van der Waals surface area contributed by atoms with Gasteiger partial charge in [-0.15, -0.1) is 0 Å². The van der Waals surface area contributed by atoms with Crippen molar-refractivity contribution in [3.8, 4) is 61.3 Å². The van der Waals surface area contributed by atoms with Gasteiger partial charge in [0.1, 0.15) is 0 Å². The Kier molecular flexibility index (Phi) is 12.0. The van der Waals surface area contributed by atoms with Gasteiger partial charge < -0.3 is 14.4 Å². The van der Waals surface area contributed by atoms with E-state index < -0.39 is 0 Å². The molecule has 0 saturated carbocycles. The van der Waals surface area contributed by atoms with Gasteiger partial charge >= 0.3 is 0 Å². The first-order valence-electron chi connectivity index (χ1n) is 32.2. The molecule has 0 aliphatic heterocycles. The third kappa shape index (κ3) is 8.10. The van der Waals surface area contributed by atoms with Crippen molar-refractivity contribution in [2.24, 2.45) is 0 Å². The van der Waals surface area contributed by atoms with Crippen molar-refractivity contribution in [3.63, 3.8) is 0 Å². The first kappa shape index (κ1) is 52.6. The van der Waals surface area contributed by atoms with E-state index in [-0.39, 0.29) is 0 Å². The second kappa shape index (κ2) is 21.2. The smallest absolute Gasteiger partial charge is 0.0568 e. The summed E-state index contributed by atoms with van der Waals surface area (Å²) < 4.78 is 2.61. The average Bonchev–Trinajstić information content (AvgIpc) is 1.55. The molecule has 0 radical (unpaired) electrons. The van der Waals surface area contributed by atoms with Crippen LogP contribution in [0.4, 0.5) is 34.1 Å². The van der Waals surface area contributed by atoms with Gasteiger partial charge in [-0.1, -0.05) is 285 Å². The Hall–Kier alpha value is -12.3. The Balaban J connectivity index is 0.914.